The van der Waals surface area contributed by atoms with E-state index in [0.717, 1.165) is 25.3 Å². The molecule has 1 atom stereocenters. The third kappa shape index (κ3) is 5.35. The van der Waals surface area contributed by atoms with Crippen molar-refractivity contribution in [2.24, 2.45) is 10.7 Å². The van der Waals surface area contributed by atoms with Gasteiger partial charge in [-0.3, -0.25) is 4.99 Å². The summed E-state index contributed by atoms with van der Waals surface area (Å²) in [5.74, 6) is 1.06. The quantitative estimate of drug-likeness (QED) is 0.659. The number of hydrogen-bond acceptors (Lipinski definition) is 3. The molecule has 0 fully saturated rings. The monoisotopic (exact) mass is 237 g/mol. The molecule has 0 aromatic carbocycles. The van der Waals surface area contributed by atoms with Gasteiger partial charge in [0.1, 0.15) is 5.84 Å². The first-order valence-electron chi connectivity index (χ1n) is 6.99. The minimum atomic E-state index is 0.0745. The molecule has 0 amide bonds. The first-order chi connectivity index (χ1) is 8.25. The number of aliphatic imine (C=N–C) groups is 1. The molecule has 0 radical (unpaired) electrons. The van der Waals surface area contributed by atoms with E-state index in [9.17, 15) is 0 Å². The van der Waals surface area contributed by atoms with Crippen molar-refractivity contribution in [3.05, 3.63) is 12.2 Å². The third-order valence-electron chi connectivity index (χ3n) is 3.14. The number of allylic oxidation sites excluding steroid dienone is 1. The van der Waals surface area contributed by atoms with Gasteiger partial charge in [-0.15, -0.1) is 0 Å². The highest BCUT2D eigenvalue weighted by Crippen LogP contribution is 2.08. The van der Waals surface area contributed by atoms with E-state index in [-0.39, 0.29) is 6.17 Å². The predicted octanol–water partition coefficient (Wildman–Crippen LogP) is 2.92. The van der Waals surface area contributed by atoms with Crippen molar-refractivity contribution in [1.29, 1.82) is 0 Å². The zero-order valence-corrected chi connectivity index (χ0v) is 11.4. The summed E-state index contributed by atoms with van der Waals surface area (Å²) >= 11 is 0. The molecule has 0 saturated carbocycles. The highest BCUT2D eigenvalue weighted by Gasteiger charge is 2.16. The van der Waals surface area contributed by atoms with E-state index in [0.29, 0.717) is 0 Å². The van der Waals surface area contributed by atoms with E-state index in [2.05, 4.69) is 29.0 Å². The van der Waals surface area contributed by atoms with Crippen LogP contribution in [0, 0.1) is 0 Å². The fourth-order valence-corrected chi connectivity index (χ4v) is 2.09. The van der Waals surface area contributed by atoms with Gasteiger partial charge < -0.3 is 10.6 Å². The Kier molecular flexibility index (Phi) is 6.94. The number of nitrogens with two attached hydrogens (primary N) is 1. The number of unbranched alkanes of at least 4 members (excludes halogenated alkanes) is 5. The van der Waals surface area contributed by atoms with Gasteiger partial charge in [0.2, 0.25) is 0 Å². The molecule has 3 nitrogen and oxygen atoms in total. The topological polar surface area (TPSA) is 41.6 Å². The van der Waals surface area contributed by atoms with Crippen LogP contribution in [0.3, 0.4) is 0 Å². The molecule has 2 N–H and O–H groups in total. The van der Waals surface area contributed by atoms with Gasteiger partial charge in [-0.1, -0.05) is 38.7 Å². The molecule has 0 aliphatic carbocycles. The summed E-state index contributed by atoms with van der Waals surface area (Å²) in [4.78, 5) is 6.62. The second-order valence-electron chi connectivity index (χ2n) is 4.78. The molecular formula is C14H27N3. The molecule has 3 heteroatoms. The zero-order valence-electron chi connectivity index (χ0n) is 11.4. The molecule has 0 bridgehead atoms. The zero-order chi connectivity index (χ0) is 12.5. The minimum absolute atomic E-state index is 0.0745. The van der Waals surface area contributed by atoms with Gasteiger partial charge >= 0.3 is 0 Å². The Morgan fingerprint density at radius 2 is 2.12 bits per heavy atom. The number of nitrogens with zero attached hydrogens (tertiary/aromatic N) is 2. The van der Waals surface area contributed by atoms with Crippen molar-refractivity contribution in [1.82, 2.24) is 4.90 Å². The molecule has 1 aliphatic rings. The van der Waals surface area contributed by atoms with Gasteiger partial charge in [0.05, 0.1) is 12.7 Å². The van der Waals surface area contributed by atoms with Gasteiger partial charge in [0, 0.05) is 6.54 Å². The Bertz CT molecular complexity index is 256. The van der Waals surface area contributed by atoms with Gasteiger partial charge in [-0.05, 0) is 25.8 Å². The van der Waals surface area contributed by atoms with E-state index in [1.165, 1.54) is 32.1 Å². The van der Waals surface area contributed by atoms with Crippen LogP contribution in [0.4, 0.5) is 0 Å². The second-order valence-corrected chi connectivity index (χ2v) is 4.78. The standard InChI is InChI=1S/C14H27N3/c1-3-4-5-6-7-8-9-10-14-16-11-12-17(14)13(2)15/h9-10,13H,3-8,11-12,15H2,1-2H3/b10-9+. The fourth-order valence-electron chi connectivity index (χ4n) is 2.09. The summed E-state index contributed by atoms with van der Waals surface area (Å²) < 4.78 is 0. The van der Waals surface area contributed by atoms with Crippen LogP contribution in [0.5, 0.6) is 0 Å². The highest BCUT2D eigenvalue weighted by molar-refractivity contribution is 5.94. The first-order valence-corrected chi connectivity index (χ1v) is 6.99. The van der Waals surface area contributed by atoms with E-state index >= 15 is 0 Å². The van der Waals surface area contributed by atoms with Crippen LogP contribution in [0.15, 0.2) is 17.1 Å². The van der Waals surface area contributed by atoms with Crippen LogP contribution in [-0.4, -0.2) is 30.0 Å². The molecule has 98 valence electrons. The molecule has 0 aromatic heterocycles. The first kappa shape index (κ1) is 14.2. The Morgan fingerprint density at radius 3 is 2.82 bits per heavy atom. The molecule has 1 rings (SSSR count). The maximum Gasteiger partial charge on any atom is 0.124 e. The largest absolute Gasteiger partial charge is 0.340 e. The van der Waals surface area contributed by atoms with Crippen molar-refractivity contribution in [3.63, 3.8) is 0 Å². The molecule has 0 aromatic rings. The molecule has 17 heavy (non-hydrogen) atoms. The lowest BCUT2D eigenvalue weighted by molar-refractivity contribution is 0.367. The summed E-state index contributed by atoms with van der Waals surface area (Å²) in [7, 11) is 0. The van der Waals surface area contributed by atoms with E-state index < -0.39 is 0 Å². The minimum Gasteiger partial charge on any atom is -0.340 e. The van der Waals surface area contributed by atoms with E-state index in [4.69, 9.17) is 5.73 Å². The van der Waals surface area contributed by atoms with Crippen LogP contribution in [-0.2, 0) is 0 Å². The third-order valence-corrected chi connectivity index (χ3v) is 3.14. The maximum absolute atomic E-state index is 5.88. The summed E-state index contributed by atoms with van der Waals surface area (Å²) in [5, 5.41) is 0. The SMILES string of the molecule is CCCCCCC/C=C/C1=NCCN1C(C)N. The summed E-state index contributed by atoms with van der Waals surface area (Å²) in [6.45, 7) is 6.12. The summed E-state index contributed by atoms with van der Waals surface area (Å²) in [6, 6.07) is 0. The van der Waals surface area contributed by atoms with E-state index in [1.54, 1.807) is 0 Å². The maximum atomic E-state index is 5.88. The molecule has 0 saturated heterocycles. The van der Waals surface area contributed by atoms with Gasteiger partial charge in [-0.25, -0.2) is 0 Å². The van der Waals surface area contributed by atoms with Crippen molar-refractivity contribution in [2.45, 2.75) is 58.5 Å². The molecule has 1 unspecified atom stereocenters. The second kappa shape index (κ2) is 8.29. The van der Waals surface area contributed by atoms with E-state index in [1.807, 2.05) is 6.92 Å². The summed E-state index contributed by atoms with van der Waals surface area (Å²) in [5.41, 5.74) is 5.88. The van der Waals surface area contributed by atoms with Crippen LogP contribution >= 0.6 is 0 Å². The van der Waals surface area contributed by atoms with Crippen molar-refractivity contribution >= 4 is 5.84 Å². The number of rotatable bonds is 8. The Hall–Kier alpha value is -0.830. The van der Waals surface area contributed by atoms with Crippen molar-refractivity contribution < 1.29 is 0 Å². The normalized spacial score (nSPS) is 17.8. The number of hydrogen-bond donors (Lipinski definition) is 1. The fraction of sp³-hybridized carbons (Fsp3) is 0.786. The Labute approximate surface area is 106 Å². The molecular weight excluding hydrogens is 210 g/mol. The average Bonchev–Trinajstić information content (AvgIpc) is 2.76. The van der Waals surface area contributed by atoms with Crippen LogP contribution < -0.4 is 5.73 Å². The lowest BCUT2D eigenvalue weighted by Gasteiger charge is -2.22. The Balaban J connectivity index is 2.16. The van der Waals surface area contributed by atoms with Crippen LogP contribution in [0.25, 0.3) is 0 Å². The smallest absolute Gasteiger partial charge is 0.124 e. The molecule has 1 aliphatic heterocycles. The van der Waals surface area contributed by atoms with Gasteiger partial charge in [0.15, 0.2) is 0 Å². The molecule has 1 heterocycles. The summed E-state index contributed by atoms with van der Waals surface area (Å²) in [6.07, 6.45) is 12.3. The highest BCUT2D eigenvalue weighted by atomic mass is 15.3. The molecule has 0 spiro atoms. The predicted molar refractivity (Wildman–Crippen MR) is 75.2 cm³/mol. The van der Waals surface area contributed by atoms with Crippen molar-refractivity contribution in [3.8, 4) is 0 Å². The van der Waals surface area contributed by atoms with Gasteiger partial charge in [0.25, 0.3) is 0 Å². The average molecular weight is 237 g/mol. The van der Waals surface area contributed by atoms with Crippen LogP contribution in [0.1, 0.15) is 52.4 Å². The van der Waals surface area contributed by atoms with Crippen molar-refractivity contribution in [2.75, 3.05) is 13.1 Å². The van der Waals surface area contributed by atoms with Gasteiger partial charge in [-0.2, -0.15) is 0 Å². The van der Waals surface area contributed by atoms with Crippen LogP contribution in [0.2, 0.25) is 0 Å². The Morgan fingerprint density at radius 1 is 1.35 bits per heavy atom. The number of amidine groups is 1. The lowest BCUT2D eigenvalue weighted by Crippen LogP contribution is -2.41. The lowest BCUT2D eigenvalue weighted by atomic mass is 10.1.